The van der Waals surface area contributed by atoms with Gasteiger partial charge < -0.3 is 19.8 Å². The molecule has 5 rings (SSSR count). The summed E-state index contributed by atoms with van der Waals surface area (Å²) in [6, 6.07) is 19.1. The van der Waals surface area contributed by atoms with Crippen LogP contribution >= 0.6 is 0 Å². The summed E-state index contributed by atoms with van der Waals surface area (Å²) in [5.41, 5.74) is 5.07. The number of nitrogens with zero attached hydrogens (tertiary/aromatic N) is 3. The van der Waals surface area contributed by atoms with Crippen LogP contribution in [0.1, 0.15) is 38.7 Å². The fourth-order valence-electron chi connectivity index (χ4n) is 5.68. The van der Waals surface area contributed by atoms with Crippen LogP contribution in [-0.2, 0) is 0 Å². The summed E-state index contributed by atoms with van der Waals surface area (Å²) in [4.78, 5) is 31.3. The Morgan fingerprint density at radius 1 is 0.972 bits per heavy atom. The quantitative estimate of drug-likeness (QED) is 0.599. The number of rotatable bonds is 4. The number of carbonyl (C=O) groups is 2. The van der Waals surface area contributed by atoms with E-state index in [2.05, 4.69) is 11.0 Å². The molecular weight excluding hydrogens is 457 g/mol. The Morgan fingerprint density at radius 2 is 1.61 bits per heavy atom. The summed E-state index contributed by atoms with van der Waals surface area (Å²) in [5.74, 6) is -0.481. The standard InChI is InChI=1S/C29H30FN3O3/c1-31(2)28(35)19-6-4-18(5-7-19)21-10-13-25-24(16-21)27-23(26(17-34)32(25)3)14-15-33(27)29(36)20-8-11-22(30)12-9-20/h4-13,16,23,26-27,34H,14-15,17H2,1-3H3/t23-,26-,27-/m0/s1. The second-order valence-electron chi connectivity index (χ2n) is 9.81. The van der Waals surface area contributed by atoms with Gasteiger partial charge in [-0.2, -0.15) is 0 Å². The normalized spacial score (nSPS) is 20.6. The van der Waals surface area contributed by atoms with Crippen LogP contribution in [0.25, 0.3) is 11.1 Å². The first-order chi connectivity index (χ1) is 17.3. The second-order valence-corrected chi connectivity index (χ2v) is 9.81. The van der Waals surface area contributed by atoms with Crippen molar-refractivity contribution >= 4 is 17.5 Å². The average Bonchev–Trinajstić information content (AvgIpc) is 3.33. The van der Waals surface area contributed by atoms with Crippen LogP contribution < -0.4 is 4.90 Å². The molecule has 186 valence electrons. The van der Waals surface area contributed by atoms with Gasteiger partial charge in [0.1, 0.15) is 5.82 Å². The van der Waals surface area contributed by atoms with Crippen LogP contribution in [0.2, 0.25) is 0 Å². The van der Waals surface area contributed by atoms with Crippen LogP contribution in [0, 0.1) is 11.7 Å². The molecule has 0 aliphatic carbocycles. The smallest absolute Gasteiger partial charge is 0.254 e. The molecule has 0 radical (unpaired) electrons. The molecule has 1 N–H and O–H groups in total. The molecule has 2 heterocycles. The minimum absolute atomic E-state index is 0.00119. The first-order valence-electron chi connectivity index (χ1n) is 12.2. The zero-order valence-electron chi connectivity index (χ0n) is 20.7. The third kappa shape index (κ3) is 4.03. The van der Waals surface area contributed by atoms with Gasteiger partial charge in [0.25, 0.3) is 11.8 Å². The molecular formula is C29H30FN3O3. The number of carbonyl (C=O) groups excluding carboxylic acids is 2. The lowest BCUT2D eigenvalue weighted by Gasteiger charge is -2.44. The summed E-state index contributed by atoms with van der Waals surface area (Å²) < 4.78 is 13.5. The summed E-state index contributed by atoms with van der Waals surface area (Å²) in [6.45, 7) is 0.569. The van der Waals surface area contributed by atoms with Gasteiger partial charge in [0.15, 0.2) is 0 Å². The molecule has 0 unspecified atom stereocenters. The van der Waals surface area contributed by atoms with Gasteiger partial charge in [0.2, 0.25) is 0 Å². The molecule has 3 aromatic rings. The molecule has 1 fully saturated rings. The van der Waals surface area contributed by atoms with Gasteiger partial charge in [-0.05, 0) is 71.6 Å². The van der Waals surface area contributed by atoms with E-state index >= 15 is 0 Å². The highest BCUT2D eigenvalue weighted by Crippen LogP contribution is 2.49. The molecule has 0 spiro atoms. The Bertz CT molecular complexity index is 1290. The van der Waals surface area contributed by atoms with Crippen molar-refractivity contribution < 1.29 is 19.1 Å². The Kier molecular flexibility index (Phi) is 6.26. The largest absolute Gasteiger partial charge is 0.394 e. The number of likely N-dealkylation sites (tertiary alicyclic amines) is 1. The van der Waals surface area contributed by atoms with E-state index in [1.807, 2.05) is 48.3 Å². The third-order valence-electron chi connectivity index (χ3n) is 7.57. The first kappa shape index (κ1) is 24.0. The summed E-state index contributed by atoms with van der Waals surface area (Å²) in [5, 5.41) is 10.2. The van der Waals surface area contributed by atoms with Crippen LogP contribution in [0.4, 0.5) is 10.1 Å². The fraction of sp³-hybridized carbons (Fsp3) is 0.310. The Hall–Kier alpha value is -3.71. The Morgan fingerprint density at radius 3 is 2.25 bits per heavy atom. The van der Waals surface area contributed by atoms with Gasteiger partial charge in [0.05, 0.1) is 18.7 Å². The molecule has 3 atom stereocenters. The predicted molar refractivity (Wildman–Crippen MR) is 137 cm³/mol. The second kappa shape index (κ2) is 9.39. The van der Waals surface area contributed by atoms with Gasteiger partial charge in [-0.1, -0.05) is 18.2 Å². The van der Waals surface area contributed by atoms with Crippen LogP contribution in [0.15, 0.2) is 66.7 Å². The van der Waals surface area contributed by atoms with Crippen molar-refractivity contribution in [3.63, 3.8) is 0 Å². The van der Waals surface area contributed by atoms with Crippen molar-refractivity contribution in [1.29, 1.82) is 0 Å². The van der Waals surface area contributed by atoms with E-state index in [0.717, 1.165) is 28.8 Å². The summed E-state index contributed by atoms with van der Waals surface area (Å²) in [7, 11) is 5.45. The number of hydrogen-bond donors (Lipinski definition) is 1. The monoisotopic (exact) mass is 487 g/mol. The molecule has 7 heteroatoms. The van der Waals surface area contributed by atoms with Gasteiger partial charge in [-0.25, -0.2) is 4.39 Å². The lowest BCUT2D eigenvalue weighted by Crippen LogP contribution is -2.48. The number of amides is 2. The van der Waals surface area contributed by atoms with Crippen LogP contribution in [-0.4, -0.2) is 67.1 Å². The Labute approximate surface area is 210 Å². The van der Waals surface area contributed by atoms with E-state index in [0.29, 0.717) is 17.7 Å². The number of aliphatic hydroxyl groups is 1. The van der Waals surface area contributed by atoms with Crippen molar-refractivity contribution in [2.75, 3.05) is 39.2 Å². The number of anilines is 1. The highest BCUT2D eigenvalue weighted by Gasteiger charge is 2.47. The number of hydrogen-bond acceptors (Lipinski definition) is 4. The molecule has 1 saturated heterocycles. The topological polar surface area (TPSA) is 64.1 Å². The highest BCUT2D eigenvalue weighted by molar-refractivity contribution is 5.95. The van der Waals surface area contributed by atoms with Crippen LogP contribution in [0.5, 0.6) is 0 Å². The maximum Gasteiger partial charge on any atom is 0.254 e. The van der Waals surface area contributed by atoms with Crippen molar-refractivity contribution in [2.24, 2.45) is 5.92 Å². The maximum absolute atomic E-state index is 13.5. The fourth-order valence-corrected chi connectivity index (χ4v) is 5.68. The zero-order chi connectivity index (χ0) is 25.6. The van der Waals surface area contributed by atoms with Gasteiger partial charge >= 0.3 is 0 Å². The van der Waals surface area contributed by atoms with Gasteiger partial charge in [-0.15, -0.1) is 0 Å². The number of halogens is 1. The number of fused-ring (bicyclic) bond motifs is 3. The lowest BCUT2D eigenvalue weighted by molar-refractivity contribution is 0.0693. The van der Waals surface area contributed by atoms with Crippen molar-refractivity contribution in [2.45, 2.75) is 18.5 Å². The Balaban J connectivity index is 1.54. The van der Waals surface area contributed by atoms with E-state index in [-0.39, 0.29) is 42.2 Å². The molecule has 3 aromatic carbocycles. The summed E-state index contributed by atoms with van der Waals surface area (Å²) in [6.07, 6.45) is 0.776. The van der Waals surface area contributed by atoms with Crippen molar-refractivity contribution in [3.05, 3.63) is 89.2 Å². The minimum atomic E-state index is -0.376. The lowest BCUT2D eigenvalue weighted by atomic mass is 9.81. The van der Waals surface area contributed by atoms with E-state index in [1.165, 1.54) is 24.3 Å². The zero-order valence-corrected chi connectivity index (χ0v) is 20.7. The molecule has 0 saturated carbocycles. The van der Waals surface area contributed by atoms with E-state index in [1.54, 1.807) is 19.0 Å². The highest BCUT2D eigenvalue weighted by atomic mass is 19.1. The van der Waals surface area contributed by atoms with E-state index in [9.17, 15) is 19.1 Å². The molecule has 0 bridgehead atoms. The minimum Gasteiger partial charge on any atom is -0.394 e. The number of likely N-dealkylation sites (N-methyl/N-ethyl adjacent to an activating group) is 1. The predicted octanol–water partition coefficient (Wildman–Crippen LogP) is 4.21. The molecule has 36 heavy (non-hydrogen) atoms. The maximum atomic E-state index is 13.5. The number of aliphatic hydroxyl groups excluding tert-OH is 1. The van der Waals surface area contributed by atoms with Crippen molar-refractivity contribution in [3.8, 4) is 11.1 Å². The molecule has 6 nitrogen and oxygen atoms in total. The van der Waals surface area contributed by atoms with E-state index in [4.69, 9.17) is 0 Å². The number of benzene rings is 3. The molecule has 0 aromatic heterocycles. The van der Waals surface area contributed by atoms with Gasteiger partial charge in [-0.3, -0.25) is 9.59 Å². The van der Waals surface area contributed by atoms with Crippen LogP contribution in [0.3, 0.4) is 0 Å². The SMILES string of the molecule is CN(C)C(=O)c1ccc(-c2ccc3c(c2)[C@@H]2[C@@H](CCN2C(=O)c2ccc(F)cc2)[C@H](CO)N3C)cc1. The van der Waals surface area contributed by atoms with Crippen molar-refractivity contribution in [1.82, 2.24) is 9.80 Å². The molecule has 2 aliphatic heterocycles. The molecule has 2 aliphatic rings. The third-order valence-corrected chi connectivity index (χ3v) is 7.57. The average molecular weight is 488 g/mol. The van der Waals surface area contributed by atoms with Gasteiger partial charge in [0, 0.05) is 50.4 Å². The van der Waals surface area contributed by atoms with E-state index < -0.39 is 0 Å². The first-order valence-corrected chi connectivity index (χ1v) is 12.2. The molecule has 2 amide bonds. The summed E-state index contributed by atoms with van der Waals surface area (Å²) >= 11 is 0.